The Bertz CT molecular complexity index is 1140. The predicted molar refractivity (Wildman–Crippen MR) is 113 cm³/mol. The summed E-state index contributed by atoms with van der Waals surface area (Å²) >= 11 is 0. The summed E-state index contributed by atoms with van der Waals surface area (Å²) in [5, 5.41) is 0.774. The lowest BCUT2D eigenvalue weighted by molar-refractivity contribution is -0.154. The van der Waals surface area contributed by atoms with Gasteiger partial charge >= 0.3 is 12.1 Å². The molecule has 0 N–H and O–H groups in total. The van der Waals surface area contributed by atoms with E-state index in [4.69, 9.17) is 0 Å². The molecule has 1 aromatic carbocycles. The first-order valence-corrected chi connectivity index (χ1v) is 10.1. The number of carbonyl (C=O) groups is 6. The quantitative estimate of drug-likeness (QED) is 0.627. The van der Waals surface area contributed by atoms with Crippen molar-refractivity contribution < 1.29 is 28.8 Å². The summed E-state index contributed by atoms with van der Waals surface area (Å²) in [4.78, 5) is 84.9. The standard InChI is InChI=1S/C22H21N5O6/c1-24-17(28)15(18(29)25(2)21(24)32)14(13-10-9-11-7-5-6-8-12(11)23-13)16-19(30)26(3)22(33)27(4)20(16)31/h5-10,14-16H,1-4H3. The smallest absolute Gasteiger partial charge is 0.273 e. The number of amides is 8. The maximum Gasteiger partial charge on any atom is 0.332 e. The fraction of sp³-hybridized carbons (Fsp3) is 0.318. The number of hydrogen-bond donors (Lipinski definition) is 0. The topological polar surface area (TPSA) is 128 Å². The van der Waals surface area contributed by atoms with Crippen molar-refractivity contribution in [3.8, 4) is 0 Å². The molecule has 8 amide bonds. The second-order valence-electron chi connectivity index (χ2n) is 8.06. The maximum absolute atomic E-state index is 13.2. The van der Waals surface area contributed by atoms with Crippen LogP contribution in [0.3, 0.4) is 0 Å². The Morgan fingerprint density at radius 3 is 1.52 bits per heavy atom. The SMILES string of the molecule is CN1C(=O)C(C(c2ccc3ccccc3n2)C2C(=O)N(C)C(=O)N(C)C2=O)C(=O)N(C)C1=O. The average molecular weight is 451 g/mol. The van der Waals surface area contributed by atoms with Gasteiger partial charge in [0.15, 0.2) is 0 Å². The minimum Gasteiger partial charge on any atom is -0.273 e. The molecule has 170 valence electrons. The van der Waals surface area contributed by atoms with Gasteiger partial charge in [0.1, 0.15) is 11.8 Å². The lowest BCUT2D eigenvalue weighted by Crippen LogP contribution is -2.63. The summed E-state index contributed by atoms with van der Waals surface area (Å²) in [6.07, 6.45) is 0. The van der Waals surface area contributed by atoms with Gasteiger partial charge < -0.3 is 0 Å². The number of nitrogens with zero attached hydrogens (tertiary/aromatic N) is 5. The van der Waals surface area contributed by atoms with Crippen molar-refractivity contribution in [2.45, 2.75) is 5.92 Å². The number of fused-ring (bicyclic) bond motifs is 1. The lowest BCUT2D eigenvalue weighted by atomic mass is 9.74. The molecular formula is C22H21N5O6. The Morgan fingerprint density at radius 2 is 1.06 bits per heavy atom. The number of hydrogen-bond acceptors (Lipinski definition) is 7. The van der Waals surface area contributed by atoms with Crippen molar-refractivity contribution in [2.75, 3.05) is 28.2 Å². The highest BCUT2D eigenvalue weighted by Crippen LogP contribution is 2.39. The molecule has 4 rings (SSSR count). The first-order valence-electron chi connectivity index (χ1n) is 10.1. The number of pyridine rings is 1. The molecule has 33 heavy (non-hydrogen) atoms. The molecule has 0 unspecified atom stereocenters. The molecule has 0 radical (unpaired) electrons. The zero-order chi connectivity index (χ0) is 24.2. The molecule has 2 saturated heterocycles. The minimum absolute atomic E-state index is 0.152. The normalized spacial score (nSPS) is 19.1. The number of imide groups is 4. The van der Waals surface area contributed by atoms with Crippen LogP contribution in [0.1, 0.15) is 11.6 Å². The van der Waals surface area contributed by atoms with Crippen LogP contribution in [-0.2, 0) is 19.2 Å². The fourth-order valence-electron chi connectivity index (χ4n) is 4.29. The Labute approximate surface area is 188 Å². The largest absolute Gasteiger partial charge is 0.332 e. The van der Waals surface area contributed by atoms with Gasteiger partial charge in [0, 0.05) is 45.2 Å². The molecule has 1 aromatic heterocycles. The van der Waals surface area contributed by atoms with Crippen molar-refractivity contribution >= 4 is 46.6 Å². The summed E-state index contributed by atoms with van der Waals surface area (Å²) < 4.78 is 0. The Hall–Kier alpha value is -4.15. The summed E-state index contributed by atoms with van der Waals surface area (Å²) in [5.74, 6) is -7.91. The molecule has 3 heterocycles. The third-order valence-corrected chi connectivity index (χ3v) is 6.21. The average Bonchev–Trinajstić information content (AvgIpc) is 2.82. The summed E-state index contributed by atoms with van der Waals surface area (Å²) in [6, 6.07) is 8.70. The van der Waals surface area contributed by atoms with Gasteiger partial charge in [-0.3, -0.25) is 43.8 Å². The van der Waals surface area contributed by atoms with E-state index >= 15 is 0 Å². The minimum atomic E-state index is -1.57. The monoisotopic (exact) mass is 451 g/mol. The number of rotatable bonds is 3. The van der Waals surface area contributed by atoms with Crippen molar-refractivity contribution in [2.24, 2.45) is 11.8 Å². The number of para-hydroxylation sites is 1. The fourth-order valence-corrected chi connectivity index (χ4v) is 4.29. The van der Waals surface area contributed by atoms with Crippen LogP contribution in [0.2, 0.25) is 0 Å². The van der Waals surface area contributed by atoms with Crippen LogP contribution in [0.5, 0.6) is 0 Å². The number of carbonyl (C=O) groups excluding carboxylic acids is 6. The molecule has 0 saturated carbocycles. The number of benzene rings is 1. The molecule has 11 nitrogen and oxygen atoms in total. The van der Waals surface area contributed by atoms with Crippen LogP contribution in [0.25, 0.3) is 10.9 Å². The first-order chi connectivity index (χ1) is 15.6. The number of urea groups is 2. The number of aromatic nitrogens is 1. The van der Waals surface area contributed by atoms with E-state index in [1.807, 2.05) is 12.1 Å². The Balaban J connectivity index is 1.94. The number of barbiturate groups is 2. The van der Waals surface area contributed by atoms with Crippen molar-refractivity contribution in [1.82, 2.24) is 24.6 Å². The van der Waals surface area contributed by atoms with Crippen LogP contribution in [0.15, 0.2) is 36.4 Å². The molecule has 2 aliphatic rings. The summed E-state index contributed by atoms with van der Waals surface area (Å²) in [7, 11) is 4.88. The van der Waals surface area contributed by atoms with Gasteiger partial charge in [-0.1, -0.05) is 24.3 Å². The lowest BCUT2D eigenvalue weighted by Gasteiger charge is -2.41. The van der Waals surface area contributed by atoms with Crippen LogP contribution in [0, 0.1) is 11.8 Å². The highest BCUT2D eigenvalue weighted by atomic mass is 16.2. The second kappa shape index (κ2) is 7.76. The molecule has 2 aliphatic heterocycles. The van der Waals surface area contributed by atoms with Gasteiger partial charge in [-0.2, -0.15) is 0 Å². The Kier molecular flexibility index (Phi) is 5.19. The van der Waals surface area contributed by atoms with Crippen LogP contribution < -0.4 is 0 Å². The maximum atomic E-state index is 13.2. The molecule has 0 atom stereocenters. The van der Waals surface area contributed by atoms with Gasteiger partial charge in [-0.05, 0) is 12.1 Å². The van der Waals surface area contributed by atoms with Gasteiger partial charge in [-0.15, -0.1) is 0 Å². The molecular weight excluding hydrogens is 430 g/mol. The molecule has 2 fully saturated rings. The van der Waals surface area contributed by atoms with Crippen LogP contribution in [0.4, 0.5) is 9.59 Å². The molecule has 11 heteroatoms. The summed E-state index contributed by atoms with van der Waals surface area (Å²) in [6.45, 7) is 0. The van der Waals surface area contributed by atoms with E-state index < -0.39 is 53.4 Å². The summed E-state index contributed by atoms with van der Waals surface area (Å²) in [5.41, 5.74) is 0.682. The molecule has 0 bridgehead atoms. The van der Waals surface area contributed by atoms with Crippen molar-refractivity contribution in [3.63, 3.8) is 0 Å². The Morgan fingerprint density at radius 1 is 0.636 bits per heavy atom. The van der Waals surface area contributed by atoms with Gasteiger partial charge in [-0.25, -0.2) is 9.59 Å². The van der Waals surface area contributed by atoms with Crippen molar-refractivity contribution in [3.05, 3.63) is 42.1 Å². The van der Waals surface area contributed by atoms with Gasteiger partial charge in [0.2, 0.25) is 23.6 Å². The van der Waals surface area contributed by atoms with Crippen molar-refractivity contribution in [1.29, 1.82) is 0 Å². The van der Waals surface area contributed by atoms with Gasteiger partial charge in [0.25, 0.3) is 0 Å². The zero-order valence-electron chi connectivity index (χ0n) is 18.4. The van der Waals surface area contributed by atoms with E-state index in [0.717, 1.165) is 25.0 Å². The van der Waals surface area contributed by atoms with E-state index in [0.29, 0.717) is 5.52 Å². The highest BCUT2D eigenvalue weighted by molar-refractivity contribution is 6.20. The van der Waals surface area contributed by atoms with E-state index in [1.165, 1.54) is 28.2 Å². The molecule has 0 spiro atoms. The molecule has 2 aromatic rings. The van der Waals surface area contributed by atoms with E-state index in [9.17, 15) is 28.8 Å². The molecule has 0 aliphatic carbocycles. The zero-order valence-corrected chi connectivity index (χ0v) is 18.4. The third-order valence-electron chi connectivity index (χ3n) is 6.21. The van der Waals surface area contributed by atoms with Crippen LogP contribution >= 0.6 is 0 Å². The van der Waals surface area contributed by atoms with E-state index in [-0.39, 0.29) is 5.69 Å². The second-order valence-corrected chi connectivity index (χ2v) is 8.06. The third kappa shape index (κ3) is 3.23. The highest BCUT2D eigenvalue weighted by Gasteiger charge is 2.56. The van der Waals surface area contributed by atoms with Gasteiger partial charge in [0.05, 0.1) is 5.52 Å². The first kappa shape index (κ1) is 22.1. The predicted octanol–water partition coefficient (Wildman–Crippen LogP) is 0.652. The van der Waals surface area contributed by atoms with E-state index in [1.54, 1.807) is 24.3 Å². The van der Waals surface area contributed by atoms with Crippen LogP contribution in [-0.4, -0.2) is 88.5 Å². The van der Waals surface area contributed by atoms with E-state index in [2.05, 4.69) is 4.98 Å².